The molecule has 3 heteroatoms. The summed E-state index contributed by atoms with van der Waals surface area (Å²) in [6, 6.07) is 0. The van der Waals surface area contributed by atoms with Gasteiger partial charge >= 0.3 is 0 Å². The molecule has 0 amide bonds. The Bertz CT molecular complexity index is 238. The average molecular weight is 168 g/mol. The first-order valence-corrected chi connectivity index (χ1v) is 4.95. The number of rotatable bonds is 1. The van der Waals surface area contributed by atoms with Crippen LogP contribution in [0.25, 0.3) is 0 Å². The Morgan fingerprint density at radius 3 is 2.73 bits per heavy atom. The maximum Gasteiger partial charge on any atom is 0.180 e. The Balaban J connectivity index is 2.15. The highest BCUT2D eigenvalue weighted by molar-refractivity contribution is 7.13. The number of anilines is 1. The standard InChI is InChI=1S/C8H12N2S/c9-8-10-7(5-11-8)6-3-1-2-4-6/h5-6H,1-4H2,(H2,9,10). The molecule has 0 bridgehead atoms. The van der Waals surface area contributed by atoms with Gasteiger partial charge in [-0.15, -0.1) is 11.3 Å². The molecule has 1 aromatic rings. The van der Waals surface area contributed by atoms with Crippen LogP contribution in [0.3, 0.4) is 0 Å². The molecule has 1 aliphatic carbocycles. The lowest BCUT2D eigenvalue weighted by Crippen LogP contribution is -1.92. The number of nitrogen functional groups attached to an aromatic ring is 1. The van der Waals surface area contributed by atoms with E-state index in [9.17, 15) is 0 Å². The molecule has 0 saturated heterocycles. The fraction of sp³-hybridized carbons (Fsp3) is 0.625. The summed E-state index contributed by atoms with van der Waals surface area (Å²) < 4.78 is 0. The molecule has 1 saturated carbocycles. The summed E-state index contributed by atoms with van der Waals surface area (Å²) in [7, 11) is 0. The number of aromatic nitrogens is 1. The molecule has 11 heavy (non-hydrogen) atoms. The second-order valence-corrected chi connectivity index (χ2v) is 3.98. The van der Waals surface area contributed by atoms with E-state index in [1.807, 2.05) is 0 Å². The van der Waals surface area contributed by atoms with E-state index >= 15 is 0 Å². The van der Waals surface area contributed by atoms with Crippen LogP contribution in [-0.2, 0) is 0 Å². The zero-order chi connectivity index (χ0) is 7.68. The Morgan fingerprint density at radius 2 is 2.18 bits per heavy atom. The zero-order valence-electron chi connectivity index (χ0n) is 6.42. The van der Waals surface area contributed by atoms with Crippen LogP contribution >= 0.6 is 11.3 Å². The molecule has 0 spiro atoms. The van der Waals surface area contributed by atoms with Crippen molar-refractivity contribution in [1.82, 2.24) is 4.98 Å². The number of nitrogens with zero attached hydrogens (tertiary/aromatic N) is 1. The SMILES string of the molecule is Nc1nc(C2CCCC2)cs1. The molecule has 1 heterocycles. The predicted molar refractivity (Wildman–Crippen MR) is 47.7 cm³/mol. The smallest absolute Gasteiger partial charge is 0.180 e. The molecule has 2 N–H and O–H groups in total. The summed E-state index contributed by atoms with van der Waals surface area (Å²) in [5, 5.41) is 2.82. The van der Waals surface area contributed by atoms with E-state index in [1.165, 1.54) is 31.4 Å². The van der Waals surface area contributed by atoms with Crippen molar-refractivity contribution in [3.8, 4) is 0 Å². The van der Waals surface area contributed by atoms with Crippen molar-refractivity contribution in [2.24, 2.45) is 0 Å². The first kappa shape index (κ1) is 7.10. The molecule has 60 valence electrons. The molecule has 0 radical (unpaired) electrons. The van der Waals surface area contributed by atoms with Crippen molar-refractivity contribution in [2.45, 2.75) is 31.6 Å². The largest absolute Gasteiger partial charge is 0.375 e. The molecule has 0 aliphatic heterocycles. The van der Waals surface area contributed by atoms with Crippen molar-refractivity contribution in [3.63, 3.8) is 0 Å². The summed E-state index contributed by atoms with van der Waals surface area (Å²) in [4.78, 5) is 4.29. The van der Waals surface area contributed by atoms with E-state index in [1.54, 1.807) is 11.3 Å². The first-order chi connectivity index (χ1) is 5.36. The lowest BCUT2D eigenvalue weighted by Gasteiger charge is -2.02. The molecule has 1 aliphatic rings. The summed E-state index contributed by atoms with van der Waals surface area (Å²) in [5.41, 5.74) is 6.78. The first-order valence-electron chi connectivity index (χ1n) is 4.07. The second-order valence-electron chi connectivity index (χ2n) is 3.09. The summed E-state index contributed by atoms with van der Waals surface area (Å²) in [5.74, 6) is 0.712. The second kappa shape index (κ2) is 2.81. The van der Waals surface area contributed by atoms with Crippen molar-refractivity contribution in [2.75, 3.05) is 5.73 Å². The van der Waals surface area contributed by atoms with Crippen LogP contribution in [0.1, 0.15) is 37.3 Å². The van der Waals surface area contributed by atoms with Gasteiger partial charge in [0.25, 0.3) is 0 Å². The summed E-state index contributed by atoms with van der Waals surface area (Å²) >= 11 is 1.56. The fourth-order valence-electron chi connectivity index (χ4n) is 1.71. The van der Waals surface area contributed by atoms with E-state index in [4.69, 9.17) is 5.73 Å². The molecule has 1 fully saturated rings. The van der Waals surface area contributed by atoms with Gasteiger partial charge in [0.1, 0.15) is 0 Å². The van der Waals surface area contributed by atoms with Crippen molar-refractivity contribution >= 4 is 16.5 Å². The zero-order valence-corrected chi connectivity index (χ0v) is 7.23. The quantitative estimate of drug-likeness (QED) is 0.699. The van der Waals surface area contributed by atoms with E-state index in [0.717, 1.165) is 0 Å². The maximum absolute atomic E-state index is 5.55. The average Bonchev–Trinajstić information content (AvgIpc) is 2.55. The normalized spacial score (nSPS) is 19.3. The van der Waals surface area contributed by atoms with Crippen LogP contribution in [0.4, 0.5) is 5.13 Å². The topological polar surface area (TPSA) is 38.9 Å². The van der Waals surface area contributed by atoms with Crippen LogP contribution in [0.2, 0.25) is 0 Å². The fourth-order valence-corrected chi connectivity index (χ4v) is 2.35. The van der Waals surface area contributed by atoms with Gasteiger partial charge in [0.2, 0.25) is 0 Å². The lowest BCUT2D eigenvalue weighted by atomic mass is 10.1. The predicted octanol–water partition coefficient (Wildman–Crippen LogP) is 2.38. The Kier molecular flexibility index (Phi) is 1.82. The van der Waals surface area contributed by atoms with Gasteiger partial charge in [0.15, 0.2) is 5.13 Å². The van der Waals surface area contributed by atoms with Crippen molar-refractivity contribution in [3.05, 3.63) is 11.1 Å². The van der Waals surface area contributed by atoms with Crippen LogP contribution in [0, 0.1) is 0 Å². The van der Waals surface area contributed by atoms with Crippen LogP contribution in [0.15, 0.2) is 5.38 Å². The summed E-state index contributed by atoms with van der Waals surface area (Å²) in [6.07, 6.45) is 5.34. The minimum absolute atomic E-state index is 0.712. The van der Waals surface area contributed by atoms with Gasteiger partial charge in [-0.1, -0.05) is 12.8 Å². The van der Waals surface area contributed by atoms with Gasteiger partial charge in [0.05, 0.1) is 5.69 Å². The van der Waals surface area contributed by atoms with Crippen LogP contribution in [0.5, 0.6) is 0 Å². The Hall–Kier alpha value is -0.570. The van der Waals surface area contributed by atoms with Gasteiger partial charge in [-0.25, -0.2) is 4.98 Å². The van der Waals surface area contributed by atoms with E-state index in [2.05, 4.69) is 10.4 Å². The third kappa shape index (κ3) is 1.38. The van der Waals surface area contributed by atoms with Gasteiger partial charge in [-0.3, -0.25) is 0 Å². The van der Waals surface area contributed by atoms with E-state index in [-0.39, 0.29) is 0 Å². The van der Waals surface area contributed by atoms with E-state index < -0.39 is 0 Å². The molecule has 0 unspecified atom stereocenters. The number of hydrogen-bond acceptors (Lipinski definition) is 3. The van der Waals surface area contributed by atoms with Crippen molar-refractivity contribution in [1.29, 1.82) is 0 Å². The molecule has 2 nitrogen and oxygen atoms in total. The van der Waals surface area contributed by atoms with Gasteiger partial charge in [-0.2, -0.15) is 0 Å². The third-order valence-electron chi connectivity index (χ3n) is 2.31. The molecule has 2 rings (SSSR count). The van der Waals surface area contributed by atoms with Gasteiger partial charge < -0.3 is 5.73 Å². The minimum atomic E-state index is 0.712. The highest BCUT2D eigenvalue weighted by Crippen LogP contribution is 2.34. The van der Waals surface area contributed by atoms with Gasteiger partial charge in [0, 0.05) is 11.3 Å². The summed E-state index contributed by atoms with van der Waals surface area (Å²) in [6.45, 7) is 0. The monoisotopic (exact) mass is 168 g/mol. The van der Waals surface area contributed by atoms with Crippen LogP contribution in [-0.4, -0.2) is 4.98 Å². The van der Waals surface area contributed by atoms with Gasteiger partial charge in [-0.05, 0) is 12.8 Å². The van der Waals surface area contributed by atoms with E-state index in [0.29, 0.717) is 11.0 Å². The minimum Gasteiger partial charge on any atom is -0.375 e. The van der Waals surface area contributed by atoms with Crippen LogP contribution < -0.4 is 5.73 Å². The number of nitrogens with two attached hydrogens (primary N) is 1. The maximum atomic E-state index is 5.55. The Labute approximate surface area is 70.5 Å². The van der Waals surface area contributed by atoms with Crippen molar-refractivity contribution < 1.29 is 0 Å². The molecular formula is C8H12N2S. The lowest BCUT2D eigenvalue weighted by molar-refractivity contribution is 0.704. The third-order valence-corrected chi connectivity index (χ3v) is 3.01. The number of hydrogen-bond donors (Lipinski definition) is 1. The molecule has 0 atom stereocenters. The molecule has 0 aromatic carbocycles. The molecular weight excluding hydrogens is 156 g/mol. The Morgan fingerprint density at radius 1 is 1.45 bits per heavy atom. The molecule has 1 aromatic heterocycles. The highest BCUT2D eigenvalue weighted by atomic mass is 32.1. The number of thiazole rings is 1. The highest BCUT2D eigenvalue weighted by Gasteiger charge is 2.18.